The van der Waals surface area contributed by atoms with Crippen LogP contribution < -0.4 is 5.32 Å². The molecule has 0 fully saturated rings. The summed E-state index contributed by atoms with van der Waals surface area (Å²) in [5.41, 5.74) is 2.57. The molecular weight excluding hydrogens is 234 g/mol. The Kier molecular flexibility index (Phi) is 6.56. The first-order chi connectivity index (χ1) is 8.90. The van der Waals surface area contributed by atoms with Crippen molar-refractivity contribution in [3.63, 3.8) is 0 Å². The van der Waals surface area contributed by atoms with E-state index in [0.29, 0.717) is 12.0 Å². The molecule has 0 aliphatic carbocycles. The maximum absolute atomic E-state index is 4.55. The Bertz CT molecular complexity index is 366. The minimum absolute atomic E-state index is 0.495. The summed E-state index contributed by atoms with van der Waals surface area (Å²) in [6, 6.07) is 0.582. The van der Waals surface area contributed by atoms with Gasteiger partial charge in [-0.05, 0) is 25.2 Å². The van der Waals surface area contributed by atoms with Gasteiger partial charge in [-0.2, -0.15) is 5.10 Å². The lowest BCUT2D eigenvalue weighted by molar-refractivity contribution is 0.456. The van der Waals surface area contributed by atoms with E-state index in [0.717, 1.165) is 12.5 Å². The molecule has 1 rings (SSSR count). The van der Waals surface area contributed by atoms with Crippen LogP contribution in [0.2, 0.25) is 0 Å². The summed E-state index contributed by atoms with van der Waals surface area (Å²) in [7, 11) is 2.00. The SMILES string of the molecule is CC(C)CCCC(C)NCc1cn(C)nc1C(C)C. The molecule has 0 saturated carbocycles. The highest BCUT2D eigenvalue weighted by Gasteiger charge is 2.12. The van der Waals surface area contributed by atoms with Crippen molar-refractivity contribution in [2.45, 2.75) is 72.4 Å². The molecule has 1 N–H and O–H groups in total. The molecule has 0 amide bonds. The second-order valence-corrected chi connectivity index (χ2v) is 6.47. The van der Waals surface area contributed by atoms with E-state index in [9.17, 15) is 0 Å². The first kappa shape index (κ1) is 16.2. The van der Waals surface area contributed by atoms with Crippen LogP contribution in [0.15, 0.2) is 6.20 Å². The second-order valence-electron chi connectivity index (χ2n) is 6.47. The lowest BCUT2D eigenvalue weighted by Gasteiger charge is -2.15. The van der Waals surface area contributed by atoms with Crippen LogP contribution in [-0.4, -0.2) is 15.8 Å². The molecule has 0 aliphatic rings. The summed E-state index contributed by atoms with van der Waals surface area (Å²) in [6.45, 7) is 12.2. The van der Waals surface area contributed by atoms with Gasteiger partial charge in [-0.15, -0.1) is 0 Å². The number of nitrogens with one attached hydrogen (secondary N) is 1. The molecule has 19 heavy (non-hydrogen) atoms. The zero-order chi connectivity index (χ0) is 14.4. The molecule has 0 saturated heterocycles. The zero-order valence-electron chi connectivity index (χ0n) is 13.5. The molecule has 1 aromatic heterocycles. The van der Waals surface area contributed by atoms with E-state index in [1.54, 1.807) is 0 Å². The maximum atomic E-state index is 4.55. The first-order valence-corrected chi connectivity index (χ1v) is 7.66. The second kappa shape index (κ2) is 7.68. The van der Waals surface area contributed by atoms with Crippen LogP contribution in [0.3, 0.4) is 0 Å². The molecule has 0 spiro atoms. The van der Waals surface area contributed by atoms with Crippen LogP contribution in [0.5, 0.6) is 0 Å². The van der Waals surface area contributed by atoms with Gasteiger partial charge in [0.05, 0.1) is 5.69 Å². The summed E-state index contributed by atoms with van der Waals surface area (Å²) >= 11 is 0. The predicted molar refractivity (Wildman–Crippen MR) is 82.3 cm³/mol. The standard InChI is InChI=1S/C16H31N3/c1-12(2)8-7-9-14(5)17-10-15-11-19(6)18-16(15)13(3)4/h11-14,17H,7-10H2,1-6H3. The lowest BCUT2D eigenvalue weighted by Crippen LogP contribution is -2.25. The number of aromatic nitrogens is 2. The summed E-state index contributed by atoms with van der Waals surface area (Å²) in [5, 5.41) is 8.18. The summed E-state index contributed by atoms with van der Waals surface area (Å²) in [5.74, 6) is 1.31. The van der Waals surface area contributed by atoms with Crippen molar-refractivity contribution in [1.82, 2.24) is 15.1 Å². The fourth-order valence-electron chi connectivity index (χ4n) is 2.40. The molecule has 3 heteroatoms. The fourth-order valence-corrected chi connectivity index (χ4v) is 2.40. The highest BCUT2D eigenvalue weighted by atomic mass is 15.3. The average molecular weight is 265 g/mol. The molecule has 0 aromatic carbocycles. The molecule has 1 atom stereocenters. The van der Waals surface area contributed by atoms with Crippen molar-refractivity contribution in [2.24, 2.45) is 13.0 Å². The monoisotopic (exact) mass is 265 g/mol. The summed E-state index contributed by atoms with van der Waals surface area (Å²) < 4.78 is 1.93. The minimum Gasteiger partial charge on any atom is -0.310 e. The largest absolute Gasteiger partial charge is 0.310 e. The smallest absolute Gasteiger partial charge is 0.0694 e. The number of rotatable bonds is 8. The van der Waals surface area contributed by atoms with E-state index in [4.69, 9.17) is 0 Å². The van der Waals surface area contributed by atoms with Gasteiger partial charge < -0.3 is 5.32 Å². The van der Waals surface area contributed by atoms with Gasteiger partial charge in [0.25, 0.3) is 0 Å². The Morgan fingerprint density at radius 1 is 1.16 bits per heavy atom. The molecule has 0 aliphatic heterocycles. The van der Waals surface area contributed by atoms with Crippen molar-refractivity contribution >= 4 is 0 Å². The van der Waals surface area contributed by atoms with Gasteiger partial charge in [0.15, 0.2) is 0 Å². The van der Waals surface area contributed by atoms with Crippen LogP contribution in [0.1, 0.15) is 71.1 Å². The maximum Gasteiger partial charge on any atom is 0.0694 e. The van der Waals surface area contributed by atoms with Gasteiger partial charge in [-0.25, -0.2) is 0 Å². The van der Waals surface area contributed by atoms with Crippen molar-refractivity contribution in [3.8, 4) is 0 Å². The topological polar surface area (TPSA) is 29.9 Å². The quantitative estimate of drug-likeness (QED) is 0.774. The number of hydrogen-bond acceptors (Lipinski definition) is 2. The van der Waals surface area contributed by atoms with E-state index in [-0.39, 0.29) is 0 Å². The normalized spacial score (nSPS) is 13.5. The van der Waals surface area contributed by atoms with Gasteiger partial charge >= 0.3 is 0 Å². The van der Waals surface area contributed by atoms with Crippen LogP contribution in [0, 0.1) is 5.92 Å². The van der Waals surface area contributed by atoms with E-state index in [1.165, 1.54) is 30.5 Å². The third kappa shape index (κ3) is 5.77. The first-order valence-electron chi connectivity index (χ1n) is 7.66. The lowest BCUT2D eigenvalue weighted by atomic mass is 10.0. The molecule has 1 heterocycles. The molecule has 0 radical (unpaired) electrons. The minimum atomic E-state index is 0.495. The molecular formula is C16H31N3. The number of nitrogens with zero attached hydrogens (tertiary/aromatic N) is 2. The van der Waals surface area contributed by atoms with E-state index in [2.05, 4.69) is 51.2 Å². The molecule has 3 nitrogen and oxygen atoms in total. The fraction of sp³-hybridized carbons (Fsp3) is 0.812. The Balaban J connectivity index is 2.39. The Morgan fingerprint density at radius 2 is 1.84 bits per heavy atom. The van der Waals surface area contributed by atoms with Crippen LogP contribution >= 0.6 is 0 Å². The third-order valence-electron chi connectivity index (χ3n) is 3.54. The molecule has 1 unspecified atom stereocenters. The van der Waals surface area contributed by atoms with Gasteiger partial charge in [-0.1, -0.05) is 40.5 Å². The van der Waals surface area contributed by atoms with Gasteiger partial charge in [0.2, 0.25) is 0 Å². The summed E-state index contributed by atoms with van der Waals surface area (Å²) in [6.07, 6.45) is 6.05. The van der Waals surface area contributed by atoms with Crippen LogP contribution in [0.25, 0.3) is 0 Å². The van der Waals surface area contributed by atoms with Crippen LogP contribution in [-0.2, 0) is 13.6 Å². The summed E-state index contributed by atoms with van der Waals surface area (Å²) in [4.78, 5) is 0. The molecule has 0 bridgehead atoms. The highest BCUT2D eigenvalue weighted by Crippen LogP contribution is 2.17. The van der Waals surface area contributed by atoms with E-state index >= 15 is 0 Å². The zero-order valence-corrected chi connectivity index (χ0v) is 13.5. The average Bonchev–Trinajstić information content (AvgIpc) is 2.67. The molecule has 110 valence electrons. The molecule has 1 aromatic rings. The number of hydrogen-bond donors (Lipinski definition) is 1. The Morgan fingerprint density at radius 3 is 2.42 bits per heavy atom. The third-order valence-corrected chi connectivity index (χ3v) is 3.54. The van der Waals surface area contributed by atoms with Crippen molar-refractivity contribution in [2.75, 3.05) is 0 Å². The Labute approximate surface area is 118 Å². The van der Waals surface area contributed by atoms with Crippen molar-refractivity contribution in [1.29, 1.82) is 0 Å². The predicted octanol–water partition coefficient (Wildman–Crippen LogP) is 3.85. The van der Waals surface area contributed by atoms with Gasteiger partial charge in [-0.3, -0.25) is 4.68 Å². The van der Waals surface area contributed by atoms with E-state index < -0.39 is 0 Å². The van der Waals surface area contributed by atoms with Gasteiger partial charge in [0, 0.05) is 31.4 Å². The van der Waals surface area contributed by atoms with Crippen molar-refractivity contribution < 1.29 is 0 Å². The number of aryl methyl sites for hydroxylation is 1. The van der Waals surface area contributed by atoms with Crippen molar-refractivity contribution in [3.05, 3.63) is 17.5 Å². The van der Waals surface area contributed by atoms with Gasteiger partial charge in [0.1, 0.15) is 0 Å². The highest BCUT2D eigenvalue weighted by molar-refractivity contribution is 5.20. The van der Waals surface area contributed by atoms with Crippen LogP contribution in [0.4, 0.5) is 0 Å². The van der Waals surface area contributed by atoms with E-state index in [1.807, 2.05) is 11.7 Å². The Hall–Kier alpha value is -0.830.